The Bertz CT molecular complexity index is 688. The number of rotatable bonds is 4. The third kappa shape index (κ3) is 3.68. The van der Waals surface area contributed by atoms with Gasteiger partial charge in [0.2, 0.25) is 5.91 Å². The summed E-state index contributed by atoms with van der Waals surface area (Å²) in [6, 6.07) is 4.08. The minimum absolute atomic E-state index is 0.134. The van der Waals surface area contributed by atoms with E-state index < -0.39 is 0 Å². The summed E-state index contributed by atoms with van der Waals surface area (Å²) in [7, 11) is 1.80. The fraction of sp³-hybridized carbons (Fsp3) is 0.438. The number of aryl methyl sites for hydroxylation is 1. The molecule has 1 fully saturated rings. The second kappa shape index (κ2) is 7.06. The van der Waals surface area contributed by atoms with Crippen molar-refractivity contribution in [1.82, 2.24) is 14.9 Å². The van der Waals surface area contributed by atoms with Crippen LogP contribution in [0.25, 0.3) is 0 Å². The number of hydrogen-bond donors (Lipinski definition) is 1. The van der Waals surface area contributed by atoms with Gasteiger partial charge in [0.05, 0.1) is 19.6 Å². The van der Waals surface area contributed by atoms with E-state index in [-0.39, 0.29) is 12.0 Å². The number of aromatic nitrogens is 2. The van der Waals surface area contributed by atoms with Gasteiger partial charge >= 0.3 is 0 Å². The number of nitrogens with one attached hydrogen (secondary N) is 1. The standard InChI is InChI=1S/C16H20N4O2S/c1-11-3-4-12(23-11)9-14(21)20-7-8-22-13(10-20)15-16(17-2)19-6-5-18-15/h3-6,13H,7-10H2,1-2H3,(H,17,19)/t13-/m0/s1. The Kier molecular flexibility index (Phi) is 4.88. The predicted molar refractivity (Wildman–Crippen MR) is 89.6 cm³/mol. The third-order valence-corrected chi connectivity index (χ3v) is 4.81. The Morgan fingerprint density at radius 3 is 3.00 bits per heavy atom. The maximum Gasteiger partial charge on any atom is 0.228 e. The van der Waals surface area contributed by atoms with Gasteiger partial charge in [0.1, 0.15) is 17.6 Å². The summed E-state index contributed by atoms with van der Waals surface area (Å²) in [4.78, 5) is 25.3. The van der Waals surface area contributed by atoms with Crippen molar-refractivity contribution < 1.29 is 9.53 Å². The number of carbonyl (C=O) groups excluding carboxylic acids is 1. The molecule has 0 spiro atoms. The van der Waals surface area contributed by atoms with Crippen LogP contribution < -0.4 is 5.32 Å². The van der Waals surface area contributed by atoms with E-state index in [1.165, 1.54) is 4.88 Å². The molecule has 2 aromatic rings. The molecule has 0 bridgehead atoms. The maximum atomic E-state index is 12.5. The molecule has 3 heterocycles. The topological polar surface area (TPSA) is 67.4 Å². The highest BCUT2D eigenvalue weighted by atomic mass is 32.1. The second-order valence-corrected chi connectivity index (χ2v) is 6.80. The molecule has 1 aliphatic rings. The molecule has 6 nitrogen and oxygen atoms in total. The van der Waals surface area contributed by atoms with Crippen molar-refractivity contribution in [2.24, 2.45) is 0 Å². The van der Waals surface area contributed by atoms with Crippen LogP contribution in [0.5, 0.6) is 0 Å². The van der Waals surface area contributed by atoms with Crippen LogP contribution in [-0.2, 0) is 16.0 Å². The summed E-state index contributed by atoms with van der Waals surface area (Å²) in [6.45, 7) is 3.70. The second-order valence-electron chi connectivity index (χ2n) is 5.43. The Morgan fingerprint density at radius 1 is 1.43 bits per heavy atom. The molecule has 1 N–H and O–H groups in total. The zero-order valence-electron chi connectivity index (χ0n) is 13.3. The lowest BCUT2D eigenvalue weighted by Gasteiger charge is -2.33. The predicted octanol–water partition coefficient (Wildman–Crippen LogP) is 2.03. The van der Waals surface area contributed by atoms with Crippen molar-refractivity contribution >= 4 is 23.1 Å². The molecule has 2 aromatic heterocycles. The highest BCUT2D eigenvalue weighted by Crippen LogP contribution is 2.25. The van der Waals surface area contributed by atoms with Crippen LogP contribution in [-0.4, -0.2) is 47.5 Å². The number of carbonyl (C=O) groups is 1. The summed E-state index contributed by atoms with van der Waals surface area (Å²) >= 11 is 1.67. The van der Waals surface area contributed by atoms with E-state index in [2.05, 4.69) is 22.2 Å². The first-order valence-corrected chi connectivity index (χ1v) is 8.42. The first-order chi connectivity index (χ1) is 11.2. The molecule has 1 aliphatic heterocycles. The van der Waals surface area contributed by atoms with E-state index in [1.807, 2.05) is 17.0 Å². The highest BCUT2D eigenvalue weighted by molar-refractivity contribution is 7.12. The minimum Gasteiger partial charge on any atom is -0.372 e. The summed E-state index contributed by atoms with van der Waals surface area (Å²) in [6.07, 6.45) is 3.49. The van der Waals surface area contributed by atoms with Crippen molar-refractivity contribution in [2.45, 2.75) is 19.4 Å². The largest absolute Gasteiger partial charge is 0.372 e. The molecule has 0 radical (unpaired) electrons. The number of hydrogen-bond acceptors (Lipinski definition) is 6. The Hall–Kier alpha value is -1.99. The molecular formula is C16H20N4O2S. The summed E-state index contributed by atoms with van der Waals surface area (Å²) in [5.41, 5.74) is 0.750. The smallest absolute Gasteiger partial charge is 0.228 e. The third-order valence-electron chi connectivity index (χ3n) is 3.81. The normalized spacial score (nSPS) is 18.0. The first kappa shape index (κ1) is 15.9. The van der Waals surface area contributed by atoms with Gasteiger partial charge in [0, 0.05) is 35.7 Å². The van der Waals surface area contributed by atoms with Crippen molar-refractivity contribution in [3.63, 3.8) is 0 Å². The molecule has 1 amide bonds. The molecule has 1 atom stereocenters. The van der Waals surface area contributed by atoms with Gasteiger partial charge in [-0.25, -0.2) is 4.98 Å². The molecule has 122 valence electrons. The zero-order chi connectivity index (χ0) is 16.2. The number of ether oxygens (including phenoxy) is 1. The van der Waals surface area contributed by atoms with E-state index in [1.54, 1.807) is 30.8 Å². The number of amides is 1. The van der Waals surface area contributed by atoms with Crippen LogP contribution >= 0.6 is 11.3 Å². The lowest BCUT2D eigenvalue weighted by molar-refractivity contribution is -0.138. The molecule has 0 saturated carbocycles. The van der Waals surface area contributed by atoms with Crippen molar-refractivity contribution in [3.05, 3.63) is 40.0 Å². The van der Waals surface area contributed by atoms with E-state index in [9.17, 15) is 4.79 Å². The Balaban J connectivity index is 1.69. The monoisotopic (exact) mass is 332 g/mol. The van der Waals surface area contributed by atoms with Crippen LogP contribution in [0.3, 0.4) is 0 Å². The molecule has 0 aromatic carbocycles. The molecule has 0 aliphatic carbocycles. The summed E-state index contributed by atoms with van der Waals surface area (Å²) in [5, 5.41) is 3.02. The molecule has 23 heavy (non-hydrogen) atoms. The van der Waals surface area contributed by atoms with E-state index in [0.717, 1.165) is 10.6 Å². The lowest BCUT2D eigenvalue weighted by atomic mass is 10.2. The molecule has 0 unspecified atom stereocenters. The van der Waals surface area contributed by atoms with Crippen molar-refractivity contribution in [3.8, 4) is 0 Å². The van der Waals surface area contributed by atoms with Crippen LogP contribution in [0.4, 0.5) is 5.82 Å². The van der Waals surface area contributed by atoms with Gasteiger partial charge < -0.3 is 15.0 Å². The highest BCUT2D eigenvalue weighted by Gasteiger charge is 2.28. The maximum absolute atomic E-state index is 12.5. The molecular weight excluding hydrogens is 312 g/mol. The summed E-state index contributed by atoms with van der Waals surface area (Å²) in [5.74, 6) is 0.829. The average Bonchev–Trinajstić information content (AvgIpc) is 2.99. The van der Waals surface area contributed by atoms with Crippen LogP contribution in [0.15, 0.2) is 24.5 Å². The summed E-state index contributed by atoms with van der Waals surface area (Å²) < 4.78 is 5.81. The Labute approximate surface area is 139 Å². The van der Waals surface area contributed by atoms with E-state index in [4.69, 9.17) is 4.74 Å². The van der Waals surface area contributed by atoms with Crippen LogP contribution in [0, 0.1) is 6.92 Å². The molecule has 3 rings (SSSR count). The van der Waals surface area contributed by atoms with Crippen LogP contribution in [0.1, 0.15) is 21.6 Å². The van der Waals surface area contributed by atoms with Crippen molar-refractivity contribution in [1.29, 1.82) is 0 Å². The van der Waals surface area contributed by atoms with Gasteiger partial charge in [-0.05, 0) is 19.1 Å². The van der Waals surface area contributed by atoms with E-state index >= 15 is 0 Å². The quantitative estimate of drug-likeness (QED) is 0.928. The number of morpholine rings is 1. The molecule has 1 saturated heterocycles. The van der Waals surface area contributed by atoms with Gasteiger partial charge in [0.25, 0.3) is 0 Å². The van der Waals surface area contributed by atoms with Gasteiger partial charge in [-0.2, -0.15) is 0 Å². The minimum atomic E-state index is -0.242. The van der Waals surface area contributed by atoms with Gasteiger partial charge in [-0.15, -0.1) is 11.3 Å². The lowest BCUT2D eigenvalue weighted by Crippen LogP contribution is -2.43. The zero-order valence-corrected chi connectivity index (χ0v) is 14.1. The van der Waals surface area contributed by atoms with Crippen molar-refractivity contribution in [2.75, 3.05) is 32.1 Å². The van der Waals surface area contributed by atoms with Gasteiger partial charge in [-0.3, -0.25) is 9.78 Å². The fourth-order valence-corrected chi connectivity index (χ4v) is 3.54. The first-order valence-electron chi connectivity index (χ1n) is 7.60. The average molecular weight is 332 g/mol. The molecule has 7 heteroatoms. The SMILES string of the molecule is CNc1nccnc1[C@@H]1CN(C(=O)Cc2ccc(C)s2)CCO1. The van der Waals surface area contributed by atoms with Gasteiger partial charge in [0.15, 0.2) is 0 Å². The number of thiophene rings is 1. The number of nitrogens with zero attached hydrogens (tertiary/aromatic N) is 3. The Morgan fingerprint density at radius 2 is 2.26 bits per heavy atom. The van der Waals surface area contributed by atoms with E-state index in [0.29, 0.717) is 31.9 Å². The van der Waals surface area contributed by atoms with Crippen LogP contribution in [0.2, 0.25) is 0 Å². The van der Waals surface area contributed by atoms with Gasteiger partial charge in [-0.1, -0.05) is 0 Å². The fourth-order valence-electron chi connectivity index (χ4n) is 2.66. The number of anilines is 1.